The van der Waals surface area contributed by atoms with Gasteiger partial charge in [-0.15, -0.1) is 0 Å². The summed E-state index contributed by atoms with van der Waals surface area (Å²) in [4.78, 5) is 14.2. The van der Waals surface area contributed by atoms with Gasteiger partial charge in [0.15, 0.2) is 0 Å². The average Bonchev–Trinajstić information content (AvgIpc) is 2.93. The van der Waals surface area contributed by atoms with Crippen molar-refractivity contribution in [2.24, 2.45) is 5.41 Å². The molecule has 1 spiro atoms. The lowest BCUT2D eigenvalue weighted by Crippen LogP contribution is -2.50. The summed E-state index contributed by atoms with van der Waals surface area (Å²) in [7, 11) is 0. The van der Waals surface area contributed by atoms with Crippen LogP contribution in [0.1, 0.15) is 51.4 Å². The zero-order valence-electron chi connectivity index (χ0n) is 11.8. The van der Waals surface area contributed by atoms with Gasteiger partial charge in [-0.05, 0) is 37.5 Å². The van der Waals surface area contributed by atoms with Crippen molar-refractivity contribution in [3.8, 4) is 0 Å². The molecule has 0 aromatic heterocycles. The minimum absolute atomic E-state index is 0.126. The Balaban J connectivity index is 1.47. The van der Waals surface area contributed by atoms with E-state index in [0.29, 0.717) is 12.0 Å². The number of nitrogens with one attached hydrogen (secondary N) is 1. The van der Waals surface area contributed by atoms with E-state index in [1.807, 2.05) is 4.90 Å². The predicted molar refractivity (Wildman–Crippen MR) is 74.1 cm³/mol. The average molecular weight is 266 g/mol. The molecule has 1 N–H and O–H groups in total. The highest BCUT2D eigenvalue weighted by molar-refractivity contribution is 5.74. The van der Waals surface area contributed by atoms with Crippen LogP contribution < -0.4 is 5.32 Å². The Morgan fingerprint density at radius 3 is 2.47 bits per heavy atom. The van der Waals surface area contributed by atoms with Crippen LogP contribution in [0.25, 0.3) is 0 Å². The minimum Gasteiger partial charge on any atom is -0.379 e. The van der Waals surface area contributed by atoms with Gasteiger partial charge in [0.25, 0.3) is 0 Å². The van der Waals surface area contributed by atoms with Crippen LogP contribution in [-0.2, 0) is 4.74 Å². The van der Waals surface area contributed by atoms with Gasteiger partial charge in [-0.1, -0.05) is 19.3 Å². The van der Waals surface area contributed by atoms with Gasteiger partial charge in [0.2, 0.25) is 0 Å². The normalized spacial score (nSPS) is 30.5. The summed E-state index contributed by atoms with van der Waals surface area (Å²) in [5.74, 6) is 0. The van der Waals surface area contributed by atoms with E-state index in [4.69, 9.17) is 4.74 Å². The number of urea groups is 1. The number of hydrogen-bond donors (Lipinski definition) is 1. The van der Waals surface area contributed by atoms with Crippen LogP contribution in [0.3, 0.4) is 0 Å². The Hall–Kier alpha value is -0.770. The molecule has 0 radical (unpaired) electrons. The predicted octanol–water partition coefficient (Wildman–Crippen LogP) is 2.53. The van der Waals surface area contributed by atoms with Crippen LogP contribution in [0.2, 0.25) is 0 Å². The molecule has 0 aromatic rings. The summed E-state index contributed by atoms with van der Waals surface area (Å²) in [5, 5.41) is 3.10. The molecule has 0 bridgehead atoms. The van der Waals surface area contributed by atoms with Crippen LogP contribution in [0, 0.1) is 5.41 Å². The summed E-state index contributed by atoms with van der Waals surface area (Å²) in [6, 6.07) is 0.360. The molecule has 19 heavy (non-hydrogen) atoms. The fourth-order valence-corrected chi connectivity index (χ4v) is 3.90. The summed E-state index contributed by atoms with van der Waals surface area (Å²) < 4.78 is 5.30. The van der Waals surface area contributed by atoms with E-state index in [1.54, 1.807) is 0 Å². The molecule has 2 heterocycles. The first-order valence-corrected chi connectivity index (χ1v) is 7.91. The Bertz CT molecular complexity index is 310. The first kappa shape index (κ1) is 13.2. The molecular formula is C15H26N2O2. The maximum absolute atomic E-state index is 12.2. The molecule has 2 aliphatic heterocycles. The molecule has 4 heteroatoms. The first-order valence-electron chi connectivity index (χ1n) is 7.91. The third kappa shape index (κ3) is 3.04. The van der Waals surface area contributed by atoms with E-state index in [2.05, 4.69) is 5.32 Å². The zero-order valence-corrected chi connectivity index (χ0v) is 11.8. The van der Waals surface area contributed by atoms with E-state index < -0.39 is 0 Å². The maximum atomic E-state index is 12.2. The van der Waals surface area contributed by atoms with Crippen LogP contribution >= 0.6 is 0 Å². The largest absolute Gasteiger partial charge is 0.379 e. The highest BCUT2D eigenvalue weighted by Crippen LogP contribution is 2.44. The van der Waals surface area contributed by atoms with Crippen molar-refractivity contribution in [3.63, 3.8) is 0 Å². The highest BCUT2D eigenvalue weighted by atomic mass is 16.5. The quantitative estimate of drug-likeness (QED) is 0.792. The molecule has 2 saturated heterocycles. The van der Waals surface area contributed by atoms with Gasteiger partial charge in [-0.3, -0.25) is 0 Å². The zero-order chi connectivity index (χ0) is 13.1. The number of ether oxygens (including phenoxy) is 1. The molecule has 0 aromatic carbocycles. The monoisotopic (exact) mass is 266 g/mol. The molecule has 3 aliphatic rings. The van der Waals surface area contributed by atoms with Crippen LogP contribution in [0.15, 0.2) is 0 Å². The molecule has 1 saturated carbocycles. The molecule has 2 amide bonds. The molecule has 3 fully saturated rings. The van der Waals surface area contributed by atoms with Crippen molar-refractivity contribution in [3.05, 3.63) is 0 Å². The number of carbonyl (C=O) groups excluding carboxylic acids is 1. The second-order valence-electron chi connectivity index (χ2n) is 6.56. The topological polar surface area (TPSA) is 41.6 Å². The molecule has 3 rings (SSSR count). The second-order valence-corrected chi connectivity index (χ2v) is 6.56. The number of amides is 2. The van der Waals surface area contributed by atoms with Crippen molar-refractivity contribution in [1.82, 2.24) is 10.2 Å². The van der Waals surface area contributed by atoms with Crippen molar-refractivity contribution in [2.75, 3.05) is 26.3 Å². The van der Waals surface area contributed by atoms with Crippen LogP contribution in [0.5, 0.6) is 0 Å². The summed E-state index contributed by atoms with van der Waals surface area (Å²) in [6.45, 7) is 3.36. The van der Waals surface area contributed by atoms with Crippen molar-refractivity contribution < 1.29 is 9.53 Å². The molecule has 1 unspecified atom stereocenters. The first-order chi connectivity index (χ1) is 9.27. The van der Waals surface area contributed by atoms with E-state index in [1.165, 1.54) is 44.9 Å². The van der Waals surface area contributed by atoms with Crippen molar-refractivity contribution >= 4 is 6.03 Å². The number of hydrogen-bond acceptors (Lipinski definition) is 2. The van der Waals surface area contributed by atoms with Gasteiger partial charge in [0.05, 0.1) is 12.6 Å². The number of rotatable bonds is 1. The fourth-order valence-electron chi connectivity index (χ4n) is 3.90. The smallest absolute Gasteiger partial charge is 0.317 e. The van der Waals surface area contributed by atoms with Crippen LogP contribution in [0.4, 0.5) is 4.79 Å². The van der Waals surface area contributed by atoms with Crippen molar-refractivity contribution in [2.45, 2.75) is 57.4 Å². The standard InChI is InChI=1S/C15H26N2O2/c18-14(16-13-4-11-19-12-13)17-9-7-15(8-10-17)5-2-1-3-6-15/h13H,1-12H2,(H,16,18). The SMILES string of the molecule is O=C(NC1CCOC1)N1CCC2(CCCCC2)CC1. The minimum atomic E-state index is 0.126. The van der Waals surface area contributed by atoms with Crippen molar-refractivity contribution in [1.29, 1.82) is 0 Å². The highest BCUT2D eigenvalue weighted by Gasteiger charge is 2.36. The third-order valence-electron chi connectivity index (χ3n) is 5.28. The maximum Gasteiger partial charge on any atom is 0.317 e. The Labute approximate surface area is 115 Å². The number of likely N-dealkylation sites (tertiary alicyclic amines) is 1. The number of piperidine rings is 1. The Kier molecular flexibility index (Phi) is 3.96. The van der Waals surface area contributed by atoms with E-state index in [0.717, 1.165) is 26.1 Å². The lowest BCUT2D eigenvalue weighted by atomic mass is 9.68. The lowest BCUT2D eigenvalue weighted by Gasteiger charge is -2.44. The van der Waals surface area contributed by atoms with Gasteiger partial charge >= 0.3 is 6.03 Å². The summed E-state index contributed by atoms with van der Waals surface area (Å²) in [5.41, 5.74) is 0.575. The van der Waals surface area contributed by atoms with Crippen LogP contribution in [-0.4, -0.2) is 43.3 Å². The summed E-state index contributed by atoms with van der Waals surface area (Å²) >= 11 is 0. The van der Waals surface area contributed by atoms with Gasteiger partial charge < -0.3 is 15.0 Å². The van der Waals surface area contributed by atoms with Gasteiger partial charge in [0.1, 0.15) is 0 Å². The Morgan fingerprint density at radius 2 is 1.84 bits per heavy atom. The van der Waals surface area contributed by atoms with E-state index in [-0.39, 0.29) is 12.1 Å². The van der Waals surface area contributed by atoms with Gasteiger partial charge in [-0.25, -0.2) is 4.79 Å². The Morgan fingerprint density at radius 1 is 1.11 bits per heavy atom. The molecule has 1 atom stereocenters. The van der Waals surface area contributed by atoms with Gasteiger partial charge in [0, 0.05) is 19.7 Å². The fraction of sp³-hybridized carbons (Fsp3) is 0.933. The molecule has 108 valence electrons. The third-order valence-corrected chi connectivity index (χ3v) is 5.28. The van der Waals surface area contributed by atoms with E-state index >= 15 is 0 Å². The lowest BCUT2D eigenvalue weighted by molar-refractivity contribution is 0.0801. The van der Waals surface area contributed by atoms with Gasteiger partial charge in [-0.2, -0.15) is 0 Å². The molecule has 4 nitrogen and oxygen atoms in total. The number of carbonyl (C=O) groups is 1. The summed E-state index contributed by atoms with van der Waals surface area (Å²) in [6.07, 6.45) is 10.4. The van der Waals surface area contributed by atoms with E-state index in [9.17, 15) is 4.79 Å². The molecule has 1 aliphatic carbocycles. The molecular weight excluding hydrogens is 240 g/mol. The number of nitrogens with zero attached hydrogens (tertiary/aromatic N) is 1. The second kappa shape index (κ2) is 5.70.